The van der Waals surface area contributed by atoms with Crippen molar-refractivity contribution in [2.75, 3.05) is 13.2 Å². The highest BCUT2D eigenvalue weighted by Gasteiger charge is 2.36. The number of carbonyl (C=O) groups excluding carboxylic acids is 3. The number of amides is 2. The Balaban J connectivity index is 1.57. The Kier molecular flexibility index (Phi) is 7.68. The molecule has 0 bridgehead atoms. The van der Waals surface area contributed by atoms with E-state index in [4.69, 9.17) is 9.47 Å². The molecule has 1 aliphatic rings. The summed E-state index contributed by atoms with van der Waals surface area (Å²) < 4.78 is 10.8. The first-order chi connectivity index (χ1) is 14.6. The summed E-state index contributed by atoms with van der Waals surface area (Å²) >= 11 is 0.818. The first kappa shape index (κ1) is 21.6. The molecule has 156 valence electrons. The van der Waals surface area contributed by atoms with Crippen LogP contribution in [0.2, 0.25) is 0 Å². The van der Waals surface area contributed by atoms with Gasteiger partial charge in [0, 0.05) is 0 Å². The molecule has 0 atom stereocenters. The third kappa shape index (κ3) is 5.97. The monoisotopic (exact) mass is 425 g/mol. The zero-order valence-corrected chi connectivity index (χ0v) is 17.5. The predicted molar refractivity (Wildman–Crippen MR) is 116 cm³/mol. The van der Waals surface area contributed by atoms with Gasteiger partial charge in [-0.15, -0.1) is 0 Å². The average molecular weight is 426 g/mol. The SMILES string of the molecule is CCCCOC(=O)CN1C(=O)S/C(=C/c2ccc(OCc3ccccc3)cc2)C1=O. The molecule has 1 aliphatic heterocycles. The molecule has 0 spiro atoms. The maximum absolute atomic E-state index is 12.5. The number of esters is 1. The molecule has 30 heavy (non-hydrogen) atoms. The van der Waals surface area contributed by atoms with E-state index >= 15 is 0 Å². The fraction of sp³-hybridized carbons (Fsp3) is 0.261. The molecule has 2 amide bonds. The summed E-state index contributed by atoms with van der Waals surface area (Å²) in [5, 5.41) is -0.471. The number of hydrogen-bond donors (Lipinski definition) is 0. The Labute approximate surface area is 179 Å². The molecule has 0 N–H and O–H groups in total. The van der Waals surface area contributed by atoms with Crippen LogP contribution < -0.4 is 4.74 Å². The van der Waals surface area contributed by atoms with Crippen LogP contribution in [0.1, 0.15) is 30.9 Å². The highest BCUT2D eigenvalue weighted by atomic mass is 32.2. The third-order valence-electron chi connectivity index (χ3n) is 4.35. The van der Waals surface area contributed by atoms with Gasteiger partial charge in [0.2, 0.25) is 0 Å². The second-order valence-corrected chi connectivity index (χ2v) is 7.68. The molecule has 1 fully saturated rings. The molecule has 2 aromatic carbocycles. The number of nitrogens with zero attached hydrogens (tertiary/aromatic N) is 1. The molecular weight excluding hydrogens is 402 g/mol. The van der Waals surface area contributed by atoms with Crippen molar-refractivity contribution in [3.8, 4) is 5.75 Å². The second kappa shape index (κ2) is 10.6. The fourth-order valence-electron chi connectivity index (χ4n) is 2.69. The molecule has 0 aromatic heterocycles. The molecule has 7 heteroatoms. The van der Waals surface area contributed by atoms with Crippen molar-refractivity contribution >= 4 is 35.0 Å². The van der Waals surface area contributed by atoms with Crippen molar-refractivity contribution in [3.63, 3.8) is 0 Å². The fourth-order valence-corrected chi connectivity index (χ4v) is 3.53. The number of imide groups is 1. The van der Waals surface area contributed by atoms with E-state index in [9.17, 15) is 14.4 Å². The van der Waals surface area contributed by atoms with Gasteiger partial charge in [0.25, 0.3) is 11.1 Å². The Morgan fingerprint density at radius 3 is 2.50 bits per heavy atom. The van der Waals surface area contributed by atoms with Gasteiger partial charge in [-0.1, -0.05) is 55.8 Å². The summed E-state index contributed by atoms with van der Waals surface area (Å²) in [6.07, 6.45) is 3.28. The maximum atomic E-state index is 12.5. The topological polar surface area (TPSA) is 72.9 Å². The zero-order chi connectivity index (χ0) is 21.3. The van der Waals surface area contributed by atoms with Gasteiger partial charge in [-0.05, 0) is 47.5 Å². The van der Waals surface area contributed by atoms with Crippen molar-refractivity contribution in [3.05, 3.63) is 70.6 Å². The van der Waals surface area contributed by atoms with Gasteiger partial charge in [-0.2, -0.15) is 0 Å². The minimum Gasteiger partial charge on any atom is -0.489 e. The number of benzene rings is 2. The quantitative estimate of drug-likeness (QED) is 0.331. The molecular formula is C23H23NO5S. The van der Waals surface area contributed by atoms with E-state index in [0.717, 1.165) is 40.6 Å². The van der Waals surface area contributed by atoms with Crippen LogP contribution in [0, 0.1) is 0 Å². The minimum atomic E-state index is -0.577. The van der Waals surface area contributed by atoms with Crippen molar-refractivity contribution < 1.29 is 23.9 Å². The lowest BCUT2D eigenvalue weighted by molar-refractivity contribution is -0.146. The van der Waals surface area contributed by atoms with Crippen LogP contribution >= 0.6 is 11.8 Å². The third-order valence-corrected chi connectivity index (χ3v) is 5.26. The Bertz CT molecular complexity index is 924. The average Bonchev–Trinajstić information content (AvgIpc) is 3.01. The van der Waals surface area contributed by atoms with Gasteiger partial charge in [0.05, 0.1) is 11.5 Å². The molecule has 3 rings (SSSR count). The zero-order valence-electron chi connectivity index (χ0n) is 16.7. The lowest BCUT2D eigenvalue weighted by atomic mass is 10.2. The summed E-state index contributed by atoms with van der Waals surface area (Å²) in [7, 11) is 0. The molecule has 0 unspecified atom stereocenters. The number of ether oxygens (including phenoxy) is 2. The normalized spacial score (nSPS) is 15.0. The van der Waals surface area contributed by atoms with E-state index in [0.29, 0.717) is 19.0 Å². The summed E-state index contributed by atoms with van der Waals surface area (Å²) in [6, 6.07) is 17.1. The van der Waals surface area contributed by atoms with E-state index < -0.39 is 17.1 Å². The van der Waals surface area contributed by atoms with E-state index in [1.54, 1.807) is 6.08 Å². The van der Waals surface area contributed by atoms with Crippen molar-refractivity contribution in [2.24, 2.45) is 0 Å². The van der Waals surface area contributed by atoms with Crippen LogP contribution in [0.4, 0.5) is 4.79 Å². The van der Waals surface area contributed by atoms with Crippen LogP contribution in [-0.4, -0.2) is 35.2 Å². The van der Waals surface area contributed by atoms with Crippen molar-refractivity contribution in [2.45, 2.75) is 26.4 Å². The maximum Gasteiger partial charge on any atom is 0.326 e. The smallest absolute Gasteiger partial charge is 0.326 e. The van der Waals surface area contributed by atoms with Crippen LogP contribution in [0.25, 0.3) is 6.08 Å². The van der Waals surface area contributed by atoms with Crippen LogP contribution in [0.5, 0.6) is 5.75 Å². The standard InChI is InChI=1S/C23H23NO5S/c1-2-3-13-28-21(25)15-24-22(26)20(30-23(24)27)14-17-9-11-19(12-10-17)29-16-18-7-5-4-6-8-18/h4-12,14H,2-3,13,15-16H2,1H3/b20-14+. The number of unbranched alkanes of at least 4 members (excludes halogenated alkanes) is 1. The summed E-state index contributed by atoms with van der Waals surface area (Å²) in [5.41, 5.74) is 1.83. The van der Waals surface area contributed by atoms with E-state index in [1.165, 1.54) is 0 Å². The number of rotatable bonds is 9. The number of carbonyl (C=O) groups is 3. The van der Waals surface area contributed by atoms with Crippen LogP contribution in [0.15, 0.2) is 59.5 Å². The highest BCUT2D eigenvalue weighted by molar-refractivity contribution is 8.18. The van der Waals surface area contributed by atoms with Crippen molar-refractivity contribution in [1.82, 2.24) is 4.90 Å². The second-order valence-electron chi connectivity index (χ2n) is 6.69. The van der Waals surface area contributed by atoms with Crippen LogP contribution in [0.3, 0.4) is 0 Å². The number of thioether (sulfide) groups is 1. The van der Waals surface area contributed by atoms with Gasteiger partial charge in [0.1, 0.15) is 18.9 Å². The molecule has 0 radical (unpaired) electrons. The molecule has 0 aliphatic carbocycles. The Morgan fingerprint density at radius 1 is 1.07 bits per heavy atom. The van der Waals surface area contributed by atoms with Gasteiger partial charge in [-0.25, -0.2) is 0 Å². The van der Waals surface area contributed by atoms with Gasteiger partial charge in [-0.3, -0.25) is 19.3 Å². The van der Waals surface area contributed by atoms with Gasteiger partial charge < -0.3 is 9.47 Å². The lowest BCUT2D eigenvalue weighted by Gasteiger charge is -2.11. The van der Waals surface area contributed by atoms with Crippen LogP contribution in [-0.2, 0) is 20.9 Å². The number of hydrogen-bond acceptors (Lipinski definition) is 6. The Morgan fingerprint density at radius 2 is 1.80 bits per heavy atom. The van der Waals surface area contributed by atoms with E-state index in [1.807, 2.05) is 61.5 Å². The molecule has 1 saturated heterocycles. The highest BCUT2D eigenvalue weighted by Crippen LogP contribution is 2.32. The van der Waals surface area contributed by atoms with Crippen molar-refractivity contribution in [1.29, 1.82) is 0 Å². The molecule has 6 nitrogen and oxygen atoms in total. The van der Waals surface area contributed by atoms with E-state index in [-0.39, 0.29) is 11.4 Å². The predicted octanol–water partition coefficient (Wildman–Crippen LogP) is 4.65. The van der Waals surface area contributed by atoms with Gasteiger partial charge in [0.15, 0.2) is 0 Å². The summed E-state index contributed by atoms with van der Waals surface area (Å²) in [5.74, 6) is -0.354. The molecule has 1 heterocycles. The largest absolute Gasteiger partial charge is 0.489 e. The first-order valence-corrected chi connectivity index (χ1v) is 10.6. The summed E-state index contributed by atoms with van der Waals surface area (Å²) in [6.45, 7) is 2.38. The van der Waals surface area contributed by atoms with E-state index in [2.05, 4.69) is 0 Å². The minimum absolute atomic E-state index is 0.277. The molecule has 2 aromatic rings. The lowest BCUT2D eigenvalue weighted by Crippen LogP contribution is -2.34. The summed E-state index contributed by atoms with van der Waals surface area (Å²) in [4.78, 5) is 37.6. The first-order valence-electron chi connectivity index (χ1n) is 9.74. The van der Waals surface area contributed by atoms with Gasteiger partial charge >= 0.3 is 5.97 Å². The molecule has 0 saturated carbocycles. The Hall–Kier alpha value is -3.06.